The number of para-hydroxylation sites is 1. The van der Waals surface area contributed by atoms with Gasteiger partial charge in [0.25, 0.3) is 11.8 Å². The fraction of sp³-hybridized carbons (Fsp3) is 0.263. The molecule has 1 heterocycles. The third-order valence-electron chi connectivity index (χ3n) is 3.62. The summed E-state index contributed by atoms with van der Waals surface area (Å²) in [7, 11) is 3.94. The number of nitrogens with zero attached hydrogens (tertiary/aromatic N) is 3. The van der Waals surface area contributed by atoms with Gasteiger partial charge in [0.05, 0.1) is 11.3 Å². The van der Waals surface area contributed by atoms with Gasteiger partial charge in [-0.05, 0) is 51.3 Å². The second-order valence-electron chi connectivity index (χ2n) is 5.95. The summed E-state index contributed by atoms with van der Waals surface area (Å²) in [6.45, 7) is 1.43. The van der Waals surface area contributed by atoms with E-state index < -0.39 is 5.91 Å². The van der Waals surface area contributed by atoms with Gasteiger partial charge in [-0.25, -0.2) is 0 Å². The molecule has 2 rings (SSSR count). The number of hydrogen-bond acceptors (Lipinski definition) is 5. The summed E-state index contributed by atoms with van der Waals surface area (Å²) in [6.07, 6.45) is 2.25. The average Bonchev–Trinajstić information content (AvgIpc) is 2.65. The molecule has 0 atom stereocenters. The van der Waals surface area contributed by atoms with E-state index in [9.17, 15) is 9.59 Å². The highest BCUT2D eigenvalue weighted by atomic mass is 16.2. The average molecular weight is 351 g/mol. The molecule has 2 N–H and O–H groups in total. The van der Waals surface area contributed by atoms with Crippen LogP contribution in [0.2, 0.25) is 0 Å². The molecule has 1 aromatic heterocycles. The van der Waals surface area contributed by atoms with Gasteiger partial charge in [0.2, 0.25) is 0 Å². The van der Waals surface area contributed by atoms with Crippen LogP contribution in [0.4, 0.5) is 5.69 Å². The van der Waals surface area contributed by atoms with Crippen molar-refractivity contribution in [3.05, 3.63) is 59.4 Å². The Morgan fingerprint density at radius 2 is 1.96 bits per heavy atom. The molecule has 0 unspecified atom stereocenters. The molecule has 0 saturated carbocycles. The van der Waals surface area contributed by atoms with E-state index in [-0.39, 0.29) is 11.6 Å². The molecule has 2 aromatic rings. The zero-order valence-corrected chi connectivity index (χ0v) is 14.8. The van der Waals surface area contributed by atoms with Gasteiger partial charge in [0.1, 0.15) is 11.8 Å². The van der Waals surface area contributed by atoms with Crippen molar-refractivity contribution in [1.29, 1.82) is 5.26 Å². The molecule has 0 fully saturated rings. The lowest BCUT2D eigenvalue weighted by Gasteiger charge is -2.10. The second-order valence-corrected chi connectivity index (χ2v) is 5.95. The monoisotopic (exact) mass is 351 g/mol. The molecule has 0 bridgehead atoms. The van der Waals surface area contributed by atoms with Crippen molar-refractivity contribution in [1.82, 2.24) is 15.2 Å². The predicted octanol–water partition coefficient (Wildman–Crippen LogP) is 1.89. The Bertz CT molecular complexity index is 827. The van der Waals surface area contributed by atoms with Gasteiger partial charge >= 0.3 is 0 Å². The summed E-state index contributed by atoms with van der Waals surface area (Å²) < 4.78 is 0. The van der Waals surface area contributed by atoms with E-state index in [0.29, 0.717) is 23.4 Å². The van der Waals surface area contributed by atoms with Crippen molar-refractivity contribution in [2.24, 2.45) is 0 Å². The van der Waals surface area contributed by atoms with E-state index in [2.05, 4.69) is 15.6 Å². The first kappa shape index (κ1) is 19.1. The number of benzene rings is 1. The Kier molecular flexibility index (Phi) is 6.83. The van der Waals surface area contributed by atoms with Gasteiger partial charge in [-0.2, -0.15) is 5.26 Å². The SMILES string of the molecule is CN(C)CCCNC(=O)c1ccnc(C(=O)Nc2ccccc2C#N)c1. The number of carbonyl (C=O) groups is 2. The summed E-state index contributed by atoms with van der Waals surface area (Å²) in [6, 6.07) is 11.7. The highest BCUT2D eigenvalue weighted by molar-refractivity contribution is 6.05. The number of nitrogens with one attached hydrogen (secondary N) is 2. The number of nitriles is 1. The van der Waals surface area contributed by atoms with Crippen LogP contribution in [0.3, 0.4) is 0 Å². The molecule has 0 aliphatic carbocycles. The molecule has 7 nitrogen and oxygen atoms in total. The number of hydrogen-bond donors (Lipinski definition) is 2. The Balaban J connectivity index is 2.02. The fourth-order valence-electron chi connectivity index (χ4n) is 2.27. The van der Waals surface area contributed by atoms with E-state index in [1.54, 1.807) is 30.3 Å². The third kappa shape index (κ3) is 5.40. The maximum absolute atomic E-state index is 12.4. The Labute approximate surface area is 152 Å². The molecule has 0 saturated heterocycles. The largest absolute Gasteiger partial charge is 0.352 e. The van der Waals surface area contributed by atoms with Crippen LogP contribution in [0.25, 0.3) is 0 Å². The zero-order valence-electron chi connectivity index (χ0n) is 14.8. The molecule has 1 aromatic carbocycles. The molecule has 0 radical (unpaired) electrons. The van der Waals surface area contributed by atoms with Gasteiger partial charge in [-0.1, -0.05) is 12.1 Å². The third-order valence-corrected chi connectivity index (χ3v) is 3.62. The first-order chi connectivity index (χ1) is 12.5. The lowest BCUT2D eigenvalue weighted by atomic mass is 10.1. The summed E-state index contributed by atoms with van der Waals surface area (Å²) in [5.74, 6) is -0.729. The van der Waals surface area contributed by atoms with E-state index >= 15 is 0 Å². The maximum Gasteiger partial charge on any atom is 0.274 e. The highest BCUT2D eigenvalue weighted by Crippen LogP contribution is 2.14. The normalized spacial score (nSPS) is 10.2. The van der Waals surface area contributed by atoms with Crippen LogP contribution in [0.5, 0.6) is 0 Å². The summed E-state index contributed by atoms with van der Waals surface area (Å²) in [5, 5.41) is 14.6. The minimum Gasteiger partial charge on any atom is -0.352 e. The van der Waals surface area contributed by atoms with Crippen LogP contribution in [-0.2, 0) is 0 Å². The van der Waals surface area contributed by atoms with Crippen LogP contribution in [0.15, 0.2) is 42.6 Å². The fourth-order valence-corrected chi connectivity index (χ4v) is 2.27. The molecule has 26 heavy (non-hydrogen) atoms. The highest BCUT2D eigenvalue weighted by Gasteiger charge is 2.13. The van der Waals surface area contributed by atoms with Gasteiger partial charge in [-0.3, -0.25) is 14.6 Å². The van der Waals surface area contributed by atoms with E-state index in [1.807, 2.05) is 25.1 Å². The maximum atomic E-state index is 12.4. The van der Waals surface area contributed by atoms with Gasteiger partial charge in [0, 0.05) is 18.3 Å². The molecule has 2 amide bonds. The quantitative estimate of drug-likeness (QED) is 0.742. The summed E-state index contributed by atoms with van der Waals surface area (Å²) in [5.41, 5.74) is 1.23. The minimum atomic E-state index is -0.477. The van der Waals surface area contributed by atoms with Crippen molar-refractivity contribution >= 4 is 17.5 Å². The van der Waals surface area contributed by atoms with Crippen LogP contribution in [0.1, 0.15) is 32.8 Å². The zero-order chi connectivity index (χ0) is 18.9. The second kappa shape index (κ2) is 9.30. The summed E-state index contributed by atoms with van der Waals surface area (Å²) >= 11 is 0. The van der Waals surface area contributed by atoms with Crippen molar-refractivity contribution in [3.8, 4) is 6.07 Å². The van der Waals surface area contributed by atoms with Crippen LogP contribution < -0.4 is 10.6 Å². The number of carbonyl (C=O) groups excluding carboxylic acids is 2. The molecular weight excluding hydrogens is 330 g/mol. The van der Waals surface area contributed by atoms with Gasteiger partial charge < -0.3 is 15.5 Å². The van der Waals surface area contributed by atoms with Gasteiger partial charge in [0.15, 0.2) is 0 Å². The first-order valence-corrected chi connectivity index (χ1v) is 8.20. The Hall–Kier alpha value is -3.24. The number of aromatic nitrogens is 1. The lowest BCUT2D eigenvalue weighted by molar-refractivity contribution is 0.0952. The van der Waals surface area contributed by atoms with Crippen LogP contribution in [-0.4, -0.2) is 48.9 Å². The lowest BCUT2D eigenvalue weighted by Crippen LogP contribution is -2.27. The van der Waals surface area contributed by atoms with Crippen molar-refractivity contribution in [3.63, 3.8) is 0 Å². The molecular formula is C19H21N5O2. The Morgan fingerprint density at radius 3 is 2.69 bits per heavy atom. The van der Waals surface area contributed by atoms with Crippen molar-refractivity contribution in [2.45, 2.75) is 6.42 Å². The first-order valence-electron chi connectivity index (χ1n) is 8.20. The van der Waals surface area contributed by atoms with Crippen molar-refractivity contribution in [2.75, 3.05) is 32.5 Å². The number of rotatable bonds is 7. The van der Waals surface area contributed by atoms with Crippen LogP contribution in [0, 0.1) is 11.3 Å². The van der Waals surface area contributed by atoms with Crippen LogP contribution >= 0.6 is 0 Å². The van der Waals surface area contributed by atoms with E-state index in [4.69, 9.17) is 5.26 Å². The van der Waals surface area contributed by atoms with E-state index in [1.165, 1.54) is 12.3 Å². The van der Waals surface area contributed by atoms with Crippen molar-refractivity contribution < 1.29 is 9.59 Å². The number of amides is 2. The standard InChI is InChI=1S/C19H21N5O2/c1-24(2)11-5-9-22-18(25)14-8-10-21-17(12-14)19(26)23-16-7-4-3-6-15(16)13-20/h3-4,6-8,10,12H,5,9,11H2,1-2H3,(H,22,25)(H,23,26). The molecule has 0 aliphatic heterocycles. The van der Waals surface area contributed by atoms with Gasteiger partial charge in [-0.15, -0.1) is 0 Å². The Morgan fingerprint density at radius 1 is 1.19 bits per heavy atom. The summed E-state index contributed by atoms with van der Waals surface area (Å²) in [4.78, 5) is 30.6. The smallest absolute Gasteiger partial charge is 0.274 e. The predicted molar refractivity (Wildman–Crippen MR) is 98.9 cm³/mol. The molecule has 134 valence electrons. The van der Waals surface area contributed by atoms with E-state index in [0.717, 1.165) is 13.0 Å². The number of pyridine rings is 1. The minimum absolute atomic E-state index is 0.110. The number of anilines is 1. The molecule has 0 aliphatic rings. The topological polar surface area (TPSA) is 98.1 Å². The molecule has 7 heteroatoms. The molecule has 0 spiro atoms.